The smallest absolute Gasteiger partial charge is 0.295 e. The number of carbonyl (C=O) groups excluding carboxylic acids is 2. The summed E-state index contributed by atoms with van der Waals surface area (Å²) in [5.41, 5.74) is 0.499. The summed E-state index contributed by atoms with van der Waals surface area (Å²) in [7, 11) is 0. The first-order valence-corrected chi connectivity index (χ1v) is 12.6. The molecule has 0 spiro atoms. The molecule has 0 aromatic heterocycles. The van der Waals surface area contributed by atoms with Gasteiger partial charge in [0.25, 0.3) is 11.6 Å². The van der Waals surface area contributed by atoms with Crippen molar-refractivity contribution in [1.82, 2.24) is 4.90 Å². The van der Waals surface area contributed by atoms with Crippen molar-refractivity contribution >= 4 is 23.1 Å². The zero-order chi connectivity index (χ0) is 26.4. The third kappa shape index (κ3) is 5.98. The normalized spacial score (nSPS) is 19.8. The molecule has 0 radical (unpaired) electrons. The van der Waals surface area contributed by atoms with Gasteiger partial charge < -0.3 is 24.4 Å². The van der Waals surface area contributed by atoms with Crippen molar-refractivity contribution in [3.05, 3.63) is 75.3 Å². The number of nitro groups is 1. The van der Waals surface area contributed by atoms with E-state index in [1.54, 1.807) is 24.3 Å². The van der Waals surface area contributed by atoms with E-state index < -0.39 is 28.4 Å². The molecule has 1 amide bonds. The topological polar surface area (TPSA) is 126 Å². The standard InChI is InChI=1S/C27H31N3O7/c1-2-16-37-22-10-6-20(7-11-22)25(31)23-24(19-4-8-21(9-5-19)30(34)35)29(27(33)26(23)32)13-3-12-28-14-17-36-18-15-28/h4-11,24,31H,2-3,12-18H2,1H3/b25-23+. The molecule has 2 aliphatic rings. The molecule has 10 heteroatoms. The molecule has 2 aromatic rings. The van der Waals surface area contributed by atoms with Crippen LogP contribution >= 0.6 is 0 Å². The number of amides is 1. The first kappa shape index (κ1) is 26.3. The highest BCUT2D eigenvalue weighted by atomic mass is 16.6. The minimum absolute atomic E-state index is 0.114. The molecule has 4 rings (SSSR count). The van der Waals surface area contributed by atoms with Crippen LogP contribution in [0.2, 0.25) is 0 Å². The van der Waals surface area contributed by atoms with E-state index in [0.29, 0.717) is 37.6 Å². The lowest BCUT2D eigenvalue weighted by atomic mass is 9.95. The van der Waals surface area contributed by atoms with Gasteiger partial charge in [-0.05, 0) is 41.8 Å². The fourth-order valence-electron chi connectivity index (χ4n) is 4.71. The van der Waals surface area contributed by atoms with Crippen molar-refractivity contribution < 1.29 is 34.0 Å². The van der Waals surface area contributed by atoms with Crippen LogP contribution in [0.4, 0.5) is 5.69 Å². The summed E-state index contributed by atoms with van der Waals surface area (Å²) in [5, 5.41) is 24.7. The number of ether oxygens (including phenoxy) is 2. The Hall–Kier alpha value is -3.76. The molecule has 2 fully saturated rings. The van der Waals surface area contributed by atoms with Gasteiger partial charge >= 0.3 is 0 Å². The zero-order valence-corrected chi connectivity index (χ0v) is 20.8. The number of quaternary nitrogens is 1. The molecular weight excluding hydrogens is 478 g/mol. The lowest BCUT2D eigenvalue weighted by Crippen LogP contribution is -3.14. The van der Waals surface area contributed by atoms with E-state index in [0.717, 1.165) is 26.1 Å². The summed E-state index contributed by atoms with van der Waals surface area (Å²) in [4.78, 5) is 39.7. The van der Waals surface area contributed by atoms with Crippen LogP contribution in [0.1, 0.15) is 36.9 Å². The Kier molecular flexibility index (Phi) is 8.52. The average molecular weight is 510 g/mol. The Morgan fingerprint density at radius 2 is 1.78 bits per heavy atom. The van der Waals surface area contributed by atoms with E-state index in [2.05, 4.69) is 0 Å². The molecule has 1 atom stereocenters. The van der Waals surface area contributed by atoms with Gasteiger partial charge in [0.1, 0.15) is 18.8 Å². The molecule has 37 heavy (non-hydrogen) atoms. The molecule has 2 heterocycles. The largest absolute Gasteiger partial charge is 0.872 e. The SMILES string of the molecule is CCCOc1ccc(/C([O-])=C2\C(=O)C(=O)N(CCC[NH+]3CCOCC3)C2c2ccc([N+](=O)[O-])cc2)cc1. The first-order chi connectivity index (χ1) is 17.9. The lowest BCUT2D eigenvalue weighted by Gasteiger charge is -2.29. The maximum atomic E-state index is 13.6. The first-order valence-electron chi connectivity index (χ1n) is 12.6. The molecule has 1 unspecified atom stereocenters. The number of rotatable bonds is 10. The Balaban J connectivity index is 1.65. The minimum atomic E-state index is -0.913. The monoisotopic (exact) mass is 509 g/mol. The third-order valence-electron chi connectivity index (χ3n) is 6.67. The fraction of sp³-hybridized carbons (Fsp3) is 0.407. The van der Waals surface area contributed by atoms with Gasteiger partial charge in [0.15, 0.2) is 0 Å². The van der Waals surface area contributed by atoms with Gasteiger partial charge in [-0.2, -0.15) is 0 Å². The number of Topliss-reactive ketones (excluding diaryl/α,β-unsaturated/α-hetero) is 1. The summed E-state index contributed by atoms with van der Waals surface area (Å²) in [6.07, 6.45) is 1.48. The average Bonchev–Trinajstić information content (AvgIpc) is 3.17. The highest BCUT2D eigenvalue weighted by Gasteiger charge is 2.44. The number of morpholine rings is 1. The molecule has 10 nitrogen and oxygen atoms in total. The Morgan fingerprint density at radius 3 is 2.41 bits per heavy atom. The van der Waals surface area contributed by atoms with Crippen LogP contribution in [0.25, 0.3) is 5.76 Å². The summed E-state index contributed by atoms with van der Waals surface area (Å²) in [6, 6.07) is 11.2. The van der Waals surface area contributed by atoms with E-state index >= 15 is 0 Å². The number of nitrogens with one attached hydrogen (secondary N) is 1. The van der Waals surface area contributed by atoms with E-state index in [1.165, 1.54) is 34.1 Å². The van der Waals surface area contributed by atoms with Crippen molar-refractivity contribution in [1.29, 1.82) is 0 Å². The van der Waals surface area contributed by atoms with E-state index in [9.17, 15) is 24.8 Å². The van der Waals surface area contributed by atoms with Gasteiger partial charge in [-0.25, -0.2) is 0 Å². The highest BCUT2D eigenvalue weighted by Crippen LogP contribution is 2.39. The molecular formula is C27H31N3O7. The van der Waals surface area contributed by atoms with Crippen molar-refractivity contribution in [2.75, 3.05) is 46.0 Å². The number of hydrogen-bond acceptors (Lipinski definition) is 7. The second-order valence-corrected chi connectivity index (χ2v) is 9.16. The third-order valence-corrected chi connectivity index (χ3v) is 6.67. The number of nitrogens with zero attached hydrogens (tertiary/aromatic N) is 2. The lowest BCUT2D eigenvalue weighted by molar-refractivity contribution is -0.908. The quantitative estimate of drug-likeness (QED) is 0.166. The van der Waals surface area contributed by atoms with Crippen LogP contribution in [-0.4, -0.2) is 67.5 Å². The molecule has 0 saturated carbocycles. The van der Waals surface area contributed by atoms with Gasteiger partial charge in [0, 0.05) is 30.7 Å². The molecule has 196 valence electrons. The van der Waals surface area contributed by atoms with Crippen LogP contribution in [0, 0.1) is 10.1 Å². The van der Waals surface area contributed by atoms with Crippen molar-refractivity contribution in [2.45, 2.75) is 25.8 Å². The van der Waals surface area contributed by atoms with Crippen molar-refractivity contribution in [3.63, 3.8) is 0 Å². The second kappa shape index (κ2) is 12.0. The van der Waals surface area contributed by atoms with Crippen LogP contribution in [-0.2, 0) is 14.3 Å². The van der Waals surface area contributed by atoms with Gasteiger partial charge in [-0.3, -0.25) is 19.7 Å². The van der Waals surface area contributed by atoms with Crippen LogP contribution in [0.5, 0.6) is 5.75 Å². The number of ketones is 1. The number of benzene rings is 2. The number of nitro benzene ring substituents is 1. The number of non-ortho nitro benzene ring substituents is 1. The Bertz CT molecular complexity index is 1160. The number of carbonyl (C=O) groups is 2. The van der Waals surface area contributed by atoms with Crippen LogP contribution in [0.3, 0.4) is 0 Å². The number of likely N-dealkylation sites (tertiary alicyclic amines) is 1. The minimum Gasteiger partial charge on any atom is -0.872 e. The predicted molar refractivity (Wildman–Crippen MR) is 133 cm³/mol. The summed E-state index contributed by atoms with van der Waals surface area (Å²) < 4.78 is 11.0. The second-order valence-electron chi connectivity index (χ2n) is 9.16. The number of hydrogen-bond donors (Lipinski definition) is 1. The van der Waals surface area contributed by atoms with E-state index in [4.69, 9.17) is 9.47 Å². The molecule has 0 bridgehead atoms. The van der Waals surface area contributed by atoms with Gasteiger partial charge in [0.05, 0.1) is 37.3 Å². The van der Waals surface area contributed by atoms with Crippen molar-refractivity contribution in [3.8, 4) is 5.75 Å². The summed E-state index contributed by atoms with van der Waals surface area (Å²) >= 11 is 0. The molecule has 1 N–H and O–H groups in total. The van der Waals surface area contributed by atoms with Gasteiger partial charge in [-0.15, -0.1) is 0 Å². The van der Waals surface area contributed by atoms with Gasteiger partial charge in [-0.1, -0.05) is 24.8 Å². The molecule has 2 aromatic carbocycles. The maximum absolute atomic E-state index is 13.6. The summed E-state index contributed by atoms with van der Waals surface area (Å²) in [5.74, 6) is -1.49. The Morgan fingerprint density at radius 1 is 1.11 bits per heavy atom. The molecule has 2 saturated heterocycles. The van der Waals surface area contributed by atoms with Gasteiger partial charge in [0.2, 0.25) is 5.78 Å². The molecule has 2 aliphatic heterocycles. The van der Waals surface area contributed by atoms with Crippen LogP contribution < -0.4 is 14.7 Å². The highest BCUT2D eigenvalue weighted by molar-refractivity contribution is 6.46. The molecule has 0 aliphatic carbocycles. The van der Waals surface area contributed by atoms with E-state index in [-0.39, 0.29) is 23.4 Å². The Labute approximate surface area is 215 Å². The predicted octanol–water partition coefficient (Wildman–Crippen LogP) is 0.913. The van der Waals surface area contributed by atoms with Crippen molar-refractivity contribution in [2.24, 2.45) is 0 Å². The van der Waals surface area contributed by atoms with E-state index in [1.807, 2.05) is 6.92 Å². The van der Waals surface area contributed by atoms with Crippen LogP contribution in [0.15, 0.2) is 54.1 Å². The zero-order valence-electron chi connectivity index (χ0n) is 20.8. The fourth-order valence-corrected chi connectivity index (χ4v) is 4.71. The maximum Gasteiger partial charge on any atom is 0.295 e. The summed E-state index contributed by atoms with van der Waals surface area (Å²) in [6.45, 7) is 6.77.